The molecule has 0 aliphatic heterocycles. The van der Waals surface area contributed by atoms with Gasteiger partial charge in [-0.25, -0.2) is 0 Å². The fraction of sp³-hybridized carbons (Fsp3) is 0.455. The first-order chi connectivity index (χ1) is 6.54. The Morgan fingerprint density at radius 1 is 1.43 bits per heavy atom. The molecule has 0 saturated carbocycles. The van der Waals surface area contributed by atoms with Gasteiger partial charge in [0.25, 0.3) is 0 Å². The molecule has 1 unspecified atom stereocenters. The molecule has 1 aromatic carbocycles. The van der Waals surface area contributed by atoms with E-state index < -0.39 is 6.10 Å². The number of rotatable bonds is 3. The summed E-state index contributed by atoms with van der Waals surface area (Å²) in [7, 11) is 0. The zero-order valence-electron chi connectivity index (χ0n) is 8.42. The van der Waals surface area contributed by atoms with Gasteiger partial charge in [-0.05, 0) is 46.5 Å². The zero-order chi connectivity index (χ0) is 10.7. The summed E-state index contributed by atoms with van der Waals surface area (Å²) in [6, 6.07) is 3.84. The number of benzene rings is 1. The summed E-state index contributed by atoms with van der Waals surface area (Å²) in [6.45, 7) is 3.77. The molecule has 1 atom stereocenters. The van der Waals surface area contributed by atoms with Crippen LogP contribution in [0.5, 0.6) is 5.75 Å². The molecule has 0 aliphatic rings. The Morgan fingerprint density at radius 2 is 2.07 bits per heavy atom. The van der Waals surface area contributed by atoms with Crippen LogP contribution in [0, 0.1) is 0 Å². The normalized spacial score (nSPS) is 12.9. The van der Waals surface area contributed by atoms with Crippen LogP contribution in [0.1, 0.15) is 25.0 Å². The Bertz CT molecular complexity index is 321. The Hall–Kier alpha value is -0.540. The third-order valence-corrected chi connectivity index (χ3v) is 2.73. The predicted octanol–water partition coefficient (Wildman–Crippen LogP) is 2.64. The fourth-order valence-electron chi connectivity index (χ4n) is 1.40. The number of aromatic hydroxyl groups is 1. The molecule has 0 heterocycles. The van der Waals surface area contributed by atoms with E-state index in [2.05, 4.69) is 22.9 Å². The highest BCUT2D eigenvalue weighted by atomic mass is 79.9. The monoisotopic (exact) mass is 258 g/mol. The maximum atomic E-state index is 9.71. The van der Waals surface area contributed by atoms with Crippen LogP contribution >= 0.6 is 15.9 Å². The number of aliphatic hydroxyl groups is 1. The second kappa shape index (κ2) is 4.80. The van der Waals surface area contributed by atoms with Gasteiger partial charge < -0.3 is 10.2 Å². The van der Waals surface area contributed by atoms with E-state index >= 15 is 0 Å². The van der Waals surface area contributed by atoms with Crippen molar-refractivity contribution in [3.63, 3.8) is 0 Å². The molecule has 0 fully saturated rings. The Morgan fingerprint density at radius 3 is 2.57 bits per heavy atom. The van der Waals surface area contributed by atoms with Crippen molar-refractivity contribution in [3.05, 3.63) is 27.7 Å². The summed E-state index contributed by atoms with van der Waals surface area (Å²) >= 11 is 3.30. The van der Waals surface area contributed by atoms with E-state index in [1.807, 2.05) is 12.1 Å². The minimum Gasteiger partial charge on any atom is -0.506 e. The van der Waals surface area contributed by atoms with Crippen LogP contribution in [0.2, 0.25) is 0 Å². The molecule has 3 heteroatoms. The van der Waals surface area contributed by atoms with Crippen molar-refractivity contribution in [3.8, 4) is 5.75 Å². The van der Waals surface area contributed by atoms with Crippen LogP contribution in [-0.2, 0) is 12.8 Å². The Kier molecular flexibility index (Phi) is 3.96. The van der Waals surface area contributed by atoms with Crippen LogP contribution in [-0.4, -0.2) is 16.3 Å². The number of aryl methyl sites for hydroxylation is 1. The molecule has 0 bridgehead atoms. The van der Waals surface area contributed by atoms with Gasteiger partial charge in [0.15, 0.2) is 0 Å². The van der Waals surface area contributed by atoms with Crippen molar-refractivity contribution < 1.29 is 10.2 Å². The molecular formula is C11H15BrO2. The molecule has 78 valence electrons. The number of halogens is 1. The van der Waals surface area contributed by atoms with Gasteiger partial charge in [-0.15, -0.1) is 0 Å². The van der Waals surface area contributed by atoms with Gasteiger partial charge in [-0.3, -0.25) is 0 Å². The number of hydrogen-bond acceptors (Lipinski definition) is 2. The van der Waals surface area contributed by atoms with Gasteiger partial charge in [0.1, 0.15) is 5.75 Å². The molecule has 2 nitrogen and oxygen atoms in total. The quantitative estimate of drug-likeness (QED) is 0.876. The van der Waals surface area contributed by atoms with Gasteiger partial charge in [0, 0.05) is 6.42 Å². The maximum absolute atomic E-state index is 9.71. The number of phenolic OH excluding ortho intramolecular Hbond substituents is 1. The first-order valence-corrected chi connectivity index (χ1v) is 5.52. The van der Waals surface area contributed by atoms with Gasteiger partial charge in [-0.2, -0.15) is 0 Å². The van der Waals surface area contributed by atoms with E-state index in [0.717, 1.165) is 17.5 Å². The summed E-state index contributed by atoms with van der Waals surface area (Å²) in [5, 5.41) is 19.0. The highest BCUT2D eigenvalue weighted by Gasteiger charge is 2.09. The Balaban J connectivity index is 3.07. The molecule has 0 radical (unpaired) electrons. The Labute approximate surface area is 92.7 Å². The molecular weight excluding hydrogens is 244 g/mol. The number of aliphatic hydroxyl groups excluding tert-OH is 1. The van der Waals surface area contributed by atoms with Crippen molar-refractivity contribution in [2.24, 2.45) is 0 Å². The largest absolute Gasteiger partial charge is 0.506 e. The zero-order valence-corrected chi connectivity index (χ0v) is 10.0. The molecule has 0 amide bonds. The average Bonchev–Trinajstić information content (AvgIpc) is 2.11. The van der Waals surface area contributed by atoms with Gasteiger partial charge in [-0.1, -0.05) is 13.0 Å². The lowest BCUT2D eigenvalue weighted by Gasteiger charge is -2.10. The lowest BCUT2D eigenvalue weighted by Crippen LogP contribution is -2.05. The van der Waals surface area contributed by atoms with E-state index in [9.17, 15) is 10.2 Å². The van der Waals surface area contributed by atoms with Crippen LogP contribution in [0.15, 0.2) is 16.6 Å². The summed E-state index contributed by atoms with van der Waals surface area (Å²) in [5.41, 5.74) is 1.96. The predicted molar refractivity (Wildman–Crippen MR) is 60.6 cm³/mol. The van der Waals surface area contributed by atoms with Crippen molar-refractivity contribution >= 4 is 15.9 Å². The molecule has 0 saturated heterocycles. The van der Waals surface area contributed by atoms with E-state index in [1.54, 1.807) is 6.92 Å². The van der Waals surface area contributed by atoms with Crippen molar-refractivity contribution in [1.29, 1.82) is 0 Å². The summed E-state index contributed by atoms with van der Waals surface area (Å²) in [4.78, 5) is 0. The summed E-state index contributed by atoms with van der Waals surface area (Å²) in [5.74, 6) is 0.239. The molecule has 0 aromatic heterocycles. The lowest BCUT2D eigenvalue weighted by molar-refractivity contribution is 0.194. The van der Waals surface area contributed by atoms with Crippen molar-refractivity contribution in [2.45, 2.75) is 32.8 Å². The second-order valence-electron chi connectivity index (χ2n) is 3.49. The van der Waals surface area contributed by atoms with Crippen LogP contribution in [0.25, 0.3) is 0 Å². The third kappa shape index (κ3) is 2.72. The smallest absolute Gasteiger partial charge is 0.133 e. The van der Waals surface area contributed by atoms with Crippen LogP contribution in [0.3, 0.4) is 0 Å². The lowest BCUT2D eigenvalue weighted by atomic mass is 10.0. The van der Waals surface area contributed by atoms with Gasteiger partial charge in [0.05, 0.1) is 10.6 Å². The topological polar surface area (TPSA) is 40.5 Å². The second-order valence-corrected chi connectivity index (χ2v) is 4.35. The van der Waals surface area contributed by atoms with Crippen molar-refractivity contribution in [1.82, 2.24) is 0 Å². The van der Waals surface area contributed by atoms with Crippen LogP contribution < -0.4 is 0 Å². The molecule has 2 N–H and O–H groups in total. The highest BCUT2D eigenvalue weighted by molar-refractivity contribution is 9.10. The third-order valence-electron chi connectivity index (χ3n) is 2.13. The molecule has 1 rings (SSSR count). The summed E-state index contributed by atoms with van der Waals surface area (Å²) in [6.07, 6.45) is 0.976. The average molecular weight is 259 g/mol. The molecule has 0 aliphatic carbocycles. The molecule has 1 aromatic rings. The van der Waals surface area contributed by atoms with E-state index in [1.165, 1.54) is 0 Å². The van der Waals surface area contributed by atoms with E-state index in [-0.39, 0.29) is 5.75 Å². The first kappa shape index (κ1) is 11.5. The van der Waals surface area contributed by atoms with Gasteiger partial charge >= 0.3 is 0 Å². The SMILES string of the molecule is CCc1cc(Br)c(O)c(CC(C)O)c1. The minimum atomic E-state index is -0.431. The highest BCUT2D eigenvalue weighted by Crippen LogP contribution is 2.30. The molecule has 0 spiro atoms. The van der Waals surface area contributed by atoms with Gasteiger partial charge in [0.2, 0.25) is 0 Å². The first-order valence-electron chi connectivity index (χ1n) is 4.73. The van der Waals surface area contributed by atoms with E-state index in [4.69, 9.17) is 0 Å². The fourth-order valence-corrected chi connectivity index (χ4v) is 1.94. The van der Waals surface area contributed by atoms with Crippen LogP contribution in [0.4, 0.5) is 0 Å². The summed E-state index contributed by atoms with van der Waals surface area (Å²) < 4.78 is 0.701. The minimum absolute atomic E-state index is 0.239. The number of phenols is 1. The van der Waals surface area contributed by atoms with E-state index in [0.29, 0.717) is 10.9 Å². The molecule has 14 heavy (non-hydrogen) atoms. The standard InChI is InChI=1S/C11H15BrO2/c1-3-8-5-9(4-7(2)13)11(14)10(12)6-8/h5-7,13-14H,3-4H2,1-2H3. The van der Waals surface area contributed by atoms with Crippen molar-refractivity contribution in [2.75, 3.05) is 0 Å². The number of hydrogen-bond donors (Lipinski definition) is 2. The maximum Gasteiger partial charge on any atom is 0.133 e.